The van der Waals surface area contributed by atoms with Crippen LogP contribution in [-0.4, -0.2) is 11.9 Å². The highest BCUT2D eigenvalue weighted by atomic mass is 19.2. The molecule has 210 valence electrons. The van der Waals surface area contributed by atoms with E-state index in [9.17, 15) is 43.9 Å². The molecule has 0 N–H and O–H groups in total. The van der Waals surface area contributed by atoms with E-state index in [4.69, 9.17) is 4.65 Å². The lowest BCUT2D eigenvalue weighted by Gasteiger charge is -2.56. The zero-order valence-corrected chi connectivity index (χ0v) is 20.4. The molecular formula is C27H18BF10NO. The predicted molar refractivity (Wildman–Crippen MR) is 122 cm³/mol. The third kappa shape index (κ3) is 3.98. The molecule has 4 fully saturated rings. The molecule has 13 heteroatoms. The van der Waals surface area contributed by atoms with E-state index in [1.165, 1.54) is 6.07 Å². The van der Waals surface area contributed by atoms with Gasteiger partial charge in [-0.3, -0.25) is 0 Å². The van der Waals surface area contributed by atoms with Gasteiger partial charge >= 0.3 is 6.92 Å². The van der Waals surface area contributed by atoms with Crippen LogP contribution in [0.4, 0.5) is 43.9 Å². The summed E-state index contributed by atoms with van der Waals surface area (Å²) in [5, 5.41) is 0. The van der Waals surface area contributed by atoms with Crippen LogP contribution >= 0.6 is 0 Å². The van der Waals surface area contributed by atoms with Crippen LogP contribution in [0.3, 0.4) is 0 Å². The first kappa shape index (κ1) is 27.0. The van der Waals surface area contributed by atoms with Crippen molar-refractivity contribution in [2.24, 2.45) is 17.8 Å². The summed E-state index contributed by atoms with van der Waals surface area (Å²) < 4.78 is 149. The Bertz CT molecular complexity index is 1380. The van der Waals surface area contributed by atoms with Gasteiger partial charge in [0.05, 0.1) is 5.69 Å². The summed E-state index contributed by atoms with van der Waals surface area (Å²) in [6.07, 6.45) is 5.64. The summed E-state index contributed by atoms with van der Waals surface area (Å²) in [6, 6.07) is 4.19. The fourth-order valence-electron chi connectivity index (χ4n) is 7.29. The maximum atomic E-state index is 14.8. The zero-order chi connectivity index (χ0) is 28.7. The quantitative estimate of drug-likeness (QED) is 0.159. The van der Waals surface area contributed by atoms with Crippen LogP contribution < -0.4 is 15.6 Å². The standard InChI is InChI=1S/C27H18BF10NO/c29-17-15(18(30)22(34)25(37)21(17)33)28(16-19(31)23(35)26(38)24(36)20(16)32)40-14-3-1-2-13(39-14)27-7-10-4-11(8-27)6-12(5-10)9-27/h1-3,10-12H,4-9H2. The molecule has 4 aliphatic rings. The van der Waals surface area contributed by atoms with Gasteiger partial charge in [0.15, 0.2) is 64.1 Å². The Labute approximate surface area is 221 Å². The molecule has 2 aromatic carbocycles. The maximum Gasteiger partial charge on any atom is 0.440 e. The van der Waals surface area contributed by atoms with Gasteiger partial charge in [0.2, 0.25) is 0 Å². The van der Waals surface area contributed by atoms with E-state index >= 15 is 0 Å². The van der Waals surface area contributed by atoms with E-state index in [1.807, 2.05) is 0 Å². The second kappa shape index (κ2) is 9.41. The van der Waals surface area contributed by atoms with Crippen molar-refractivity contribution >= 4 is 17.8 Å². The highest BCUT2D eigenvalue weighted by Gasteiger charge is 2.52. The smallest absolute Gasteiger partial charge is 0.440 e. The van der Waals surface area contributed by atoms with Crippen LogP contribution in [0.25, 0.3) is 0 Å². The van der Waals surface area contributed by atoms with Gasteiger partial charge in [-0.05, 0) is 68.4 Å². The number of benzene rings is 2. The number of pyridine rings is 1. The van der Waals surface area contributed by atoms with Gasteiger partial charge < -0.3 is 4.65 Å². The normalized spacial score (nSPS) is 25.0. The fourth-order valence-corrected chi connectivity index (χ4v) is 7.29. The molecule has 0 spiro atoms. The van der Waals surface area contributed by atoms with Crippen molar-refractivity contribution < 1.29 is 48.6 Å². The first-order chi connectivity index (χ1) is 18.9. The first-order valence-corrected chi connectivity index (χ1v) is 12.6. The molecule has 0 aliphatic heterocycles. The van der Waals surface area contributed by atoms with Gasteiger partial charge in [0.25, 0.3) is 0 Å². The van der Waals surface area contributed by atoms with Crippen LogP contribution in [0.2, 0.25) is 0 Å². The van der Waals surface area contributed by atoms with E-state index in [-0.39, 0.29) is 5.41 Å². The molecule has 0 amide bonds. The summed E-state index contributed by atoms with van der Waals surface area (Å²) in [7, 11) is 0. The van der Waals surface area contributed by atoms with E-state index in [0.29, 0.717) is 23.4 Å². The lowest BCUT2D eigenvalue weighted by atomic mass is 9.49. The molecular weight excluding hydrogens is 555 g/mol. The molecule has 1 aromatic heterocycles. The van der Waals surface area contributed by atoms with Gasteiger partial charge in [0.1, 0.15) is 0 Å². The van der Waals surface area contributed by atoms with Crippen LogP contribution in [0.15, 0.2) is 18.2 Å². The maximum absolute atomic E-state index is 14.8. The molecule has 0 unspecified atom stereocenters. The van der Waals surface area contributed by atoms with Crippen LogP contribution in [0.5, 0.6) is 5.88 Å². The van der Waals surface area contributed by atoms with E-state index in [1.54, 1.807) is 6.07 Å². The number of rotatable bonds is 5. The SMILES string of the molecule is Fc1c(F)c(F)c(B(Oc2cccc(C34CC5CC(CC(C5)C3)C4)n2)c2c(F)c(F)c(F)c(F)c2F)c(F)c1F. The minimum atomic E-state index is -2.99. The zero-order valence-electron chi connectivity index (χ0n) is 20.4. The molecule has 3 aromatic rings. The lowest BCUT2D eigenvalue weighted by Crippen LogP contribution is -2.55. The Morgan fingerprint density at radius 3 is 1.35 bits per heavy atom. The molecule has 0 atom stereocenters. The molecule has 7 rings (SSSR count). The first-order valence-electron chi connectivity index (χ1n) is 12.6. The van der Waals surface area contributed by atoms with Gasteiger partial charge in [0, 0.05) is 16.3 Å². The third-order valence-electron chi connectivity index (χ3n) is 8.56. The summed E-state index contributed by atoms with van der Waals surface area (Å²) >= 11 is 0. The Hall–Kier alpha value is -3.25. The molecule has 0 saturated heterocycles. The second-order valence-corrected chi connectivity index (χ2v) is 11.0. The Kier molecular flexibility index (Phi) is 6.34. The van der Waals surface area contributed by atoms with Crippen LogP contribution in [-0.2, 0) is 5.41 Å². The predicted octanol–water partition coefficient (Wildman–Crippen LogP) is 6.13. The van der Waals surface area contributed by atoms with Crippen molar-refractivity contribution in [3.63, 3.8) is 0 Å². The van der Waals surface area contributed by atoms with E-state index in [0.717, 1.165) is 44.6 Å². The fraction of sp³-hybridized carbons (Fsp3) is 0.370. The second-order valence-electron chi connectivity index (χ2n) is 11.0. The van der Waals surface area contributed by atoms with Gasteiger partial charge in [-0.25, -0.2) is 48.9 Å². The number of hydrogen-bond acceptors (Lipinski definition) is 2. The minimum Gasteiger partial charge on any atom is -0.537 e. The number of halogens is 10. The minimum absolute atomic E-state index is 0.376. The molecule has 4 aliphatic carbocycles. The van der Waals surface area contributed by atoms with Crippen molar-refractivity contribution in [3.05, 3.63) is 82.1 Å². The lowest BCUT2D eigenvalue weighted by molar-refractivity contribution is -0.00733. The summed E-state index contributed by atoms with van der Waals surface area (Å²) in [4.78, 5) is 4.36. The van der Waals surface area contributed by atoms with Crippen molar-refractivity contribution in [1.29, 1.82) is 0 Å². The molecule has 1 heterocycles. The van der Waals surface area contributed by atoms with E-state index in [2.05, 4.69) is 4.98 Å². The molecule has 4 saturated carbocycles. The van der Waals surface area contributed by atoms with Gasteiger partial charge in [-0.1, -0.05) is 6.07 Å². The molecule has 0 radical (unpaired) electrons. The van der Waals surface area contributed by atoms with Gasteiger partial charge in [-0.2, -0.15) is 0 Å². The Balaban J connectivity index is 1.50. The van der Waals surface area contributed by atoms with Crippen molar-refractivity contribution in [2.45, 2.75) is 43.9 Å². The summed E-state index contributed by atoms with van der Waals surface area (Å²) in [6.45, 7) is -2.99. The summed E-state index contributed by atoms with van der Waals surface area (Å²) in [5.74, 6) is -24.6. The van der Waals surface area contributed by atoms with Crippen molar-refractivity contribution in [2.75, 3.05) is 0 Å². The highest BCUT2D eigenvalue weighted by Crippen LogP contribution is 2.60. The number of nitrogens with zero attached hydrogens (tertiary/aromatic N) is 1. The molecule has 4 bridgehead atoms. The third-order valence-corrected chi connectivity index (χ3v) is 8.56. The Morgan fingerprint density at radius 1 is 0.575 bits per heavy atom. The molecule has 2 nitrogen and oxygen atoms in total. The average molecular weight is 573 g/mol. The Morgan fingerprint density at radius 2 is 0.950 bits per heavy atom. The van der Waals surface area contributed by atoms with Crippen molar-refractivity contribution in [1.82, 2.24) is 4.98 Å². The monoisotopic (exact) mass is 573 g/mol. The average Bonchev–Trinajstić information content (AvgIpc) is 2.92. The topological polar surface area (TPSA) is 22.1 Å². The number of aromatic nitrogens is 1. The van der Waals surface area contributed by atoms with Crippen LogP contribution in [0.1, 0.15) is 44.2 Å². The van der Waals surface area contributed by atoms with Crippen molar-refractivity contribution in [3.8, 4) is 5.88 Å². The van der Waals surface area contributed by atoms with Gasteiger partial charge in [-0.15, -0.1) is 0 Å². The van der Waals surface area contributed by atoms with E-state index < -0.39 is 81.9 Å². The highest BCUT2D eigenvalue weighted by molar-refractivity contribution is 6.80. The largest absolute Gasteiger partial charge is 0.537 e. The number of hydrogen-bond donors (Lipinski definition) is 0. The summed E-state index contributed by atoms with van der Waals surface area (Å²) in [5.41, 5.74) is -3.76. The van der Waals surface area contributed by atoms with Crippen LogP contribution in [0, 0.1) is 75.9 Å². The molecule has 40 heavy (non-hydrogen) atoms.